The van der Waals surface area contributed by atoms with E-state index in [4.69, 9.17) is 5.73 Å². The Balaban J connectivity index is 0.000000216. The molecule has 3 aromatic carbocycles. The van der Waals surface area contributed by atoms with E-state index in [-0.39, 0.29) is 11.8 Å². The summed E-state index contributed by atoms with van der Waals surface area (Å²) in [7, 11) is 0. The van der Waals surface area contributed by atoms with Crippen molar-refractivity contribution in [3.05, 3.63) is 103 Å². The summed E-state index contributed by atoms with van der Waals surface area (Å²) in [5.74, 6) is -0.438. The molecule has 1 aliphatic heterocycles. The van der Waals surface area contributed by atoms with Crippen LogP contribution in [0.2, 0.25) is 0 Å². The number of carbonyl (C=O) groups excluding carboxylic acids is 2. The van der Waals surface area contributed by atoms with Gasteiger partial charge in [-0.2, -0.15) is 0 Å². The van der Waals surface area contributed by atoms with E-state index in [9.17, 15) is 9.59 Å². The third-order valence-electron chi connectivity index (χ3n) is 4.66. The second-order valence-electron chi connectivity index (χ2n) is 7.22. The van der Waals surface area contributed by atoms with Gasteiger partial charge < -0.3 is 5.73 Å². The second kappa shape index (κ2) is 9.69. The van der Waals surface area contributed by atoms with Gasteiger partial charge in [-0.15, -0.1) is 0 Å². The summed E-state index contributed by atoms with van der Waals surface area (Å²) < 4.78 is 2.05. The zero-order chi connectivity index (χ0) is 21.8. The van der Waals surface area contributed by atoms with Gasteiger partial charge in [0.15, 0.2) is 0 Å². The number of nitrogens with zero attached hydrogens (tertiary/aromatic N) is 1. The summed E-state index contributed by atoms with van der Waals surface area (Å²) in [6, 6.07) is 19.0. The van der Waals surface area contributed by atoms with Crippen LogP contribution in [-0.4, -0.2) is 16.7 Å². The summed E-state index contributed by atoms with van der Waals surface area (Å²) >= 11 is 6.83. The lowest BCUT2D eigenvalue weighted by atomic mass is 10.1. The molecular formula is C24H22Br2N2O2. The highest BCUT2D eigenvalue weighted by Crippen LogP contribution is 2.25. The van der Waals surface area contributed by atoms with Gasteiger partial charge in [0.2, 0.25) is 0 Å². The summed E-state index contributed by atoms with van der Waals surface area (Å²) in [5.41, 5.74) is 10.9. The molecule has 0 aliphatic carbocycles. The first-order valence-corrected chi connectivity index (χ1v) is 11.0. The van der Waals surface area contributed by atoms with Crippen molar-refractivity contribution >= 4 is 43.7 Å². The van der Waals surface area contributed by atoms with E-state index < -0.39 is 0 Å². The first-order valence-electron chi connectivity index (χ1n) is 9.46. The highest BCUT2D eigenvalue weighted by Gasteiger charge is 2.34. The molecule has 0 atom stereocenters. The van der Waals surface area contributed by atoms with Crippen molar-refractivity contribution in [3.63, 3.8) is 0 Å². The van der Waals surface area contributed by atoms with Gasteiger partial charge in [-0.05, 0) is 72.5 Å². The van der Waals surface area contributed by atoms with Crippen molar-refractivity contribution < 1.29 is 9.59 Å². The third-order valence-corrected chi connectivity index (χ3v) is 5.57. The Hall–Kier alpha value is -2.28. The molecule has 1 aliphatic rings. The van der Waals surface area contributed by atoms with Crippen molar-refractivity contribution in [1.82, 2.24) is 4.90 Å². The Morgan fingerprint density at radius 3 is 1.70 bits per heavy atom. The van der Waals surface area contributed by atoms with Crippen LogP contribution >= 0.6 is 31.9 Å². The molecule has 4 nitrogen and oxygen atoms in total. The van der Waals surface area contributed by atoms with Gasteiger partial charge in [0.05, 0.1) is 17.7 Å². The monoisotopic (exact) mass is 528 g/mol. The fraction of sp³-hybridized carbons (Fsp3) is 0.167. The molecule has 0 aromatic heterocycles. The number of halogens is 2. The van der Waals surface area contributed by atoms with Gasteiger partial charge in [0.1, 0.15) is 0 Å². The first kappa shape index (κ1) is 22.4. The van der Waals surface area contributed by atoms with Crippen LogP contribution in [0, 0.1) is 13.8 Å². The van der Waals surface area contributed by atoms with Crippen LogP contribution in [0.15, 0.2) is 69.6 Å². The lowest BCUT2D eigenvalue weighted by molar-refractivity contribution is 0.0642. The van der Waals surface area contributed by atoms with E-state index in [0.717, 1.165) is 20.1 Å². The second-order valence-corrected chi connectivity index (χ2v) is 9.05. The van der Waals surface area contributed by atoms with Crippen molar-refractivity contribution in [2.24, 2.45) is 5.73 Å². The average Bonchev–Trinajstić information content (AvgIpc) is 2.92. The summed E-state index contributed by atoms with van der Waals surface area (Å²) in [4.78, 5) is 25.8. The molecule has 0 bridgehead atoms. The number of hydrogen-bond donors (Lipinski definition) is 1. The fourth-order valence-corrected chi connectivity index (χ4v) is 4.71. The highest BCUT2D eigenvalue weighted by atomic mass is 79.9. The molecule has 2 amide bonds. The number of rotatable bonds is 3. The third kappa shape index (κ3) is 5.25. The lowest BCUT2D eigenvalue weighted by Gasteiger charge is -2.14. The smallest absolute Gasteiger partial charge is 0.261 e. The minimum absolute atomic E-state index is 0.219. The van der Waals surface area contributed by atoms with Gasteiger partial charge >= 0.3 is 0 Å². The molecule has 0 radical (unpaired) electrons. The SMILES string of the molecule is Cc1cc(Br)cc(CN)c1.Cc1cc(Br)cc(CN2C(=O)c3ccccc3C2=O)c1. The standard InChI is InChI=1S/C16H12BrNO2.C8H10BrN/c1-10-6-11(8-12(17)7-10)9-18-15(19)13-4-2-3-5-14(13)16(18)20;1-6-2-7(5-10)4-8(9)3-6/h2-8H,9H2,1H3;2-4H,5,10H2,1H3. The summed E-state index contributed by atoms with van der Waals surface area (Å²) in [6.07, 6.45) is 0. The van der Waals surface area contributed by atoms with Gasteiger partial charge in [0, 0.05) is 15.5 Å². The highest BCUT2D eigenvalue weighted by molar-refractivity contribution is 9.10. The topological polar surface area (TPSA) is 63.4 Å². The maximum absolute atomic E-state index is 12.3. The normalized spacial score (nSPS) is 12.5. The Labute approximate surface area is 193 Å². The van der Waals surface area contributed by atoms with Crippen LogP contribution in [-0.2, 0) is 13.1 Å². The molecule has 0 spiro atoms. The zero-order valence-corrected chi connectivity index (χ0v) is 20.0. The number of fused-ring (bicyclic) bond motifs is 1. The molecular weight excluding hydrogens is 508 g/mol. The van der Waals surface area contributed by atoms with E-state index in [1.54, 1.807) is 24.3 Å². The van der Waals surface area contributed by atoms with Crippen molar-refractivity contribution in [1.29, 1.82) is 0 Å². The zero-order valence-electron chi connectivity index (χ0n) is 16.8. The minimum atomic E-state index is -0.219. The Morgan fingerprint density at radius 2 is 1.23 bits per heavy atom. The van der Waals surface area contributed by atoms with Gasteiger partial charge in [0.25, 0.3) is 11.8 Å². The van der Waals surface area contributed by atoms with E-state index in [2.05, 4.69) is 50.9 Å². The van der Waals surface area contributed by atoms with Gasteiger partial charge in [-0.3, -0.25) is 14.5 Å². The average molecular weight is 530 g/mol. The number of aryl methyl sites for hydroxylation is 2. The van der Waals surface area contributed by atoms with E-state index in [0.29, 0.717) is 24.2 Å². The molecule has 6 heteroatoms. The van der Waals surface area contributed by atoms with E-state index in [1.807, 2.05) is 31.2 Å². The maximum Gasteiger partial charge on any atom is 0.261 e. The van der Waals surface area contributed by atoms with Crippen LogP contribution in [0.4, 0.5) is 0 Å². The van der Waals surface area contributed by atoms with E-state index >= 15 is 0 Å². The van der Waals surface area contributed by atoms with Crippen LogP contribution in [0.1, 0.15) is 43.0 Å². The molecule has 0 saturated carbocycles. The number of nitrogens with two attached hydrogens (primary N) is 1. The molecule has 154 valence electrons. The minimum Gasteiger partial charge on any atom is -0.326 e. The van der Waals surface area contributed by atoms with Crippen molar-refractivity contribution in [2.45, 2.75) is 26.9 Å². The number of imide groups is 1. The molecule has 3 aromatic rings. The van der Waals surface area contributed by atoms with Crippen molar-refractivity contribution in [2.75, 3.05) is 0 Å². The van der Waals surface area contributed by atoms with E-state index in [1.165, 1.54) is 16.0 Å². The first-order chi connectivity index (χ1) is 14.3. The maximum atomic E-state index is 12.3. The molecule has 0 fully saturated rings. The Kier molecular flexibility index (Phi) is 7.23. The Morgan fingerprint density at radius 1 is 0.767 bits per heavy atom. The summed E-state index contributed by atoms with van der Waals surface area (Å²) in [6.45, 7) is 4.95. The van der Waals surface area contributed by atoms with Crippen molar-refractivity contribution in [3.8, 4) is 0 Å². The van der Waals surface area contributed by atoms with Gasteiger partial charge in [-0.25, -0.2) is 0 Å². The number of amides is 2. The molecule has 0 unspecified atom stereocenters. The summed E-state index contributed by atoms with van der Waals surface area (Å²) in [5, 5.41) is 0. The van der Waals surface area contributed by atoms with Crippen LogP contribution in [0.5, 0.6) is 0 Å². The largest absolute Gasteiger partial charge is 0.326 e. The van der Waals surface area contributed by atoms with Crippen LogP contribution in [0.3, 0.4) is 0 Å². The fourth-order valence-electron chi connectivity index (χ4n) is 3.40. The molecule has 0 saturated heterocycles. The number of hydrogen-bond acceptors (Lipinski definition) is 3. The molecule has 2 N–H and O–H groups in total. The lowest BCUT2D eigenvalue weighted by Crippen LogP contribution is -2.29. The molecule has 4 rings (SSSR count). The Bertz CT molecular complexity index is 1040. The quantitative estimate of drug-likeness (QED) is 0.438. The number of carbonyl (C=O) groups is 2. The van der Waals surface area contributed by atoms with Crippen LogP contribution in [0.25, 0.3) is 0 Å². The number of benzene rings is 3. The van der Waals surface area contributed by atoms with Crippen LogP contribution < -0.4 is 5.73 Å². The molecule has 30 heavy (non-hydrogen) atoms. The predicted octanol–water partition coefficient (Wildman–Crippen LogP) is 5.77. The molecule has 1 heterocycles. The van der Waals surface area contributed by atoms with Gasteiger partial charge in [-0.1, -0.05) is 56.1 Å². The predicted molar refractivity (Wildman–Crippen MR) is 126 cm³/mol.